The van der Waals surface area contributed by atoms with Crippen molar-refractivity contribution in [1.29, 1.82) is 0 Å². The molecule has 1 saturated carbocycles. The van der Waals surface area contributed by atoms with E-state index in [1.165, 1.54) is 32.1 Å². The zero-order valence-electron chi connectivity index (χ0n) is 10.6. The summed E-state index contributed by atoms with van der Waals surface area (Å²) in [6.45, 7) is 0. The normalized spacial score (nSPS) is 21.7. The third-order valence-electron chi connectivity index (χ3n) is 4.12. The van der Waals surface area contributed by atoms with Crippen LogP contribution < -0.4 is 5.73 Å². The molecule has 4 heteroatoms. The van der Waals surface area contributed by atoms with Crippen molar-refractivity contribution in [2.24, 2.45) is 5.73 Å². The standard InChI is InChI=1S/C13H21ClN2S/c1-16(2)13(7-4-3-5-8-13)12(15)11-10(14)6-9-17-11/h6,9,12H,3-5,7-8,15H2,1-2H3. The molecule has 96 valence electrons. The van der Waals surface area contributed by atoms with Crippen LogP contribution in [0.25, 0.3) is 0 Å². The number of likely N-dealkylation sites (N-methyl/N-ethyl adjacent to an activating group) is 1. The SMILES string of the molecule is CN(C)C1(C(N)c2sccc2Cl)CCCCC1. The summed E-state index contributed by atoms with van der Waals surface area (Å²) < 4.78 is 0. The van der Waals surface area contributed by atoms with E-state index in [2.05, 4.69) is 19.0 Å². The van der Waals surface area contributed by atoms with Gasteiger partial charge in [0.25, 0.3) is 0 Å². The van der Waals surface area contributed by atoms with Gasteiger partial charge < -0.3 is 10.6 Å². The molecule has 1 heterocycles. The summed E-state index contributed by atoms with van der Waals surface area (Å²) in [5.74, 6) is 0. The first kappa shape index (κ1) is 13.3. The Hall–Kier alpha value is -0.0900. The maximum Gasteiger partial charge on any atom is 0.0591 e. The lowest BCUT2D eigenvalue weighted by Crippen LogP contribution is -2.53. The Kier molecular flexibility index (Phi) is 4.14. The minimum atomic E-state index is 0.0327. The van der Waals surface area contributed by atoms with Crippen LogP contribution in [0.4, 0.5) is 0 Å². The fourth-order valence-corrected chi connectivity index (χ4v) is 4.26. The van der Waals surface area contributed by atoms with E-state index in [1.807, 2.05) is 11.4 Å². The molecule has 2 N–H and O–H groups in total. The lowest BCUT2D eigenvalue weighted by atomic mass is 9.75. The van der Waals surface area contributed by atoms with Crippen molar-refractivity contribution in [1.82, 2.24) is 4.90 Å². The van der Waals surface area contributed by atoms with Crippen molar-refractivity contribution < 1.29 is 0 Å². The van der Waals surface area contributed by atoms with Gasteiger partial charge in [-0.2, -0.15) is 0 Å². The van der Waals surface area contributed by atoms with Crippen molar-refractivity contribution in [3.8, 4) is 0 Å². The smallest absolute Gasteiger partial charge is 0.0591 e. The molecule has 0 radical (unpaired) electrons. The van der Waals surface area contributed by atoms with Crippen LogP contribution in [0.2, 0.25) is 5.02 Å². The van der Waals surface area contributed by atoms with Crippen molar-refractivity contribution >= 4 is 22.9 Å². The average Bonchev–Trinajstić information content (AvgIpc) is 2.75. The van der Waals surface area contributed by atoms with E-state index in [0.717, 1.165) is 9.90 Å². The molecule has 0 spiro atoms. The molecule has 1 aromatic rings. The van der Waals surface area contributed by atoms with Crippen LogP contribution in [0.5, 0.6) is 0 Å². The van der Waals surface area contributed by atoms with E-state index in [-0.39, 0.29) is 11.6 Å². The second kappa shape index (κ2) is 5.27. The first-order valence-electron chi connectivity index (χ1n) is 6.24. The number of hydrogen-bond donors (Lipinski definition) is 1. The summed E-state index contributed by atoms with van der Waals surface area (Å²) >= 11 is 7.92. The van der Waals surface area contributed by atoms with Gasteiger partial charge in [-0.25, -0.2) is 0 Å². The highest BCUT2D eigenvalue weighted by Crippen LogP contribution is 2.43. The summed E-state index contributed by atoms with van der Waals surface area (Å²) in [7, 11) is 4.29. The third kappa shape index (κ3) is 2.39. The van der Waals surface area contributed by atoms with E-state index < -0.39 is 0 Å². The molecule has 0 aromatic carbocycles. The second-order valence-electron chi connectivity index (χ2n) is 5.17. The largest absolute Gasteiger partial charge is 0.322 e. The van der Waals surface area contributed by atoms with Crippen molar-refractivity contribution in [3.05, 3.63) is 21.3 Å². The number of hydrogen-bond acceptors (Lipinski definition) is 3. The van der Waals surface area contributed by atoms with Crippen LogP contribution in [0.3, 0.4) is 0 Å². The number of thiophene rings is 1. The van der Waals surface area contributed by atoms with Crippen LogP contribution in [0.1, 0.15) is 43.0 Å². The van der Waals surface area contributed by atoms with Crippen LogP contribution in [-0.4, -0.2) is 24.5 Å². The first-order chi connectivity index (χ1) is 8.08. The maximum atomic E-state index is 6.54. The lowest BCUT2D eigenvalue weighted by Gasteiger charge is -2.47. The van der Waals surface area contributed by atoms with Gasteiger partial charge in [-0.15, -0.1) is 11.3 Å². The van der Waals surface area contributed by atoms with E-state index >= 15 is 0 Å². The van der Waals surface area contributed by atoms with Crippen molar-refractivity contribution in [3.63, 3.8) is 0 Å². The van der Waals surface area contributed by atoms with E-state index in [1.54, 1.807) is 11.3 Å². The fourth-order valence-electron chi connectivity index (χ4n) is 2.97. The Bertz CT molecular complexity index is 369. The molecule has 0 bridgehead atoms. The van der Waals surface area contributed by atoms with E-state index in [9.17, 15) is 0 Å². The zero-order chi connectivity index (χ0) is 12.5. The van der Waals surface area contributed by atoms with Gasteiger partial charge in [0.2, 0.25) is 0 Å². The Balaban J connectivity index is 2.30. The number of nitrogens with two attached hydrogens (primary N) is 1. The van der Waals surface area contributed by atoms with Gasteiger partial charge in [-0.1, -0.05) is 30.9 Å². The lowest BCUT2D eigenvalue weighted by molar-refractivity contribution is 0.0725. The molecule has 1 atom stereocenters. The fraction of sp³-hybridized carbons (Fsp3) is 0.692. The van der Waals surface area contributed by atoms with Gasteiger partial charge in [0.15, 0.2) is 0 Å². The molecule has 1 fully saturated rings. The Labute approximate surface area is 113 Å². The van der Waals surface area contributed by atoms with Crippen molar-refractivity contribution in [2.45, 2.75) is 43.7 Å². The van der Waals surface area contributed by atoms with Gasteiger partial charge in [0.1, 0.15) is 0 Å². The minimum Gasteiger partial charge on any atom is -0.322 e. The molecule has 0 saturated heterocycles. The molecule has 1 aromatic heterocycles. The third-order valence-corrected chi connectivity index (χ3v) is 5.56. The summed E-state index contributed by atoms with van der Waals surface area (Å²) in [6.07, 6.45) is 6.23. The number of nitrogens with zero attached hydrogens (tertiary/aromatic N) is 1. The molecule has 1 aliphatic carbocycles. The monoisotopic (exact) mass is 272 g/mol. The predicted octanol–water partition coefficient (Wildman–Crippen LogP) is 3.67. The molecule has 1 unspecified atom stereocenters. The average molecular weight is 273 g/mol. The molecular weight excluding hydrogens is 252 g/mol. The molecular formula is C13H21ClN2S. The topological polar surface area (TPSA) is 29.3 Å². The summed E-state index contributed by atoms with van der Waals surface area (Å²) in [6, 6.07) is 1.98. The first-order valence-corrected chi connectivity index (χ1v) is 7.49. The zero-order valence-corrected chi connectivity index (χ0v) is 12.2. The summed E-state index contributed by atoms with van der Waals surface area (Å²) in [5, 5.41) is 2.86. The van der Waals surface area contributed by atoms with Gasteiger partial charge >= 0.3 is 0 Å². The van der Waals surface area contributed by atoms with Gasteiger partial charge in [0, 0.05) is 10.4 Å². The highest BCUT2D eigenvalue weighted by molar-refractivity contribution is 7.10. The molecule has 2 rings (SSSR count). The Morgan fingerprint density at radius 2 is 2.00 bits per heavy atom. The predicted molar refractivity (Wildman–Crippen MR) is 75.8 cm³/mol. The van der Waals surface area contributed by atoms with Crippen LogP contribution >= 0.6 is 22.9 Å². The van der Waals surface area contributed by atoms with Crippen LogP contribution in [0.15, 0.2) is 11.4 Å². The minimum absolute atomic E-state index is 0.0327. The van der Waals surface area contributed by atoms with Crippen molar-refractivity contribution in [2.75, 3.05) is 14.1 Å². The van der Waals surface area contributed by atoms with Gasteiger partial charge in [0.05, 0.1) is 11.1 Å². The van der Waals surface area contributed by atoms with Gasteiger partial charge in [-0.3, -0.25) is 0 Å². The molecule has 1 aliphatic rings. The maximum absolute atomic E-state index is 6.54. The number of halogens is 1. The molecule has 0 aliphatic heterocycles. The van der Waals surface area contributed by atoms with Crippen LogP contribution in [-0.2, 0) is 0 Å². The quantitative estimate of drug-likeness (QED) is 0.910. The second-order valence-corrected chi connectivity index (χ2v) is 6.52. The highest BCUT2D eigenvalue weighted by Gasteiger charge is 2.41. The van der Waals surface area contributed by atoms with Crippen LogP contribution in [0, 0.1) is 0 Å². The van der Waals surface area contributed by atoms with Gasteiger partial charge in [-0.05, 0) is 38.4 Å². The Morgan fingerprint density at radius 3 is 2.47 bits per heavy atom. The Morgan fingerprint density at radius 1 is 1.35 bits per heavy atom. The highest BCUT2D eigenvalue weighted by atomic mass is 35.5. The van der Waals surface area contributed by atoms with E-state index in [0.29, 0.717) is 0 Å². The molecule has 2 nitrogen and oxygen atoms in total. The summed E-state index contributed by atoms with van der Waals surface area (Å²) in [5.41, 5.74) is 6.63. The number of rotatable bonds is 3. The van der Waals surface area contributed by atoms with E-state index in [4.69, 9.17) is 17.3 Å². The summed E-state index contributed by atoms with van der Waals surface area (Å²) in [4.78, 5) is 3.45. The molecule has 0 amide bonds. The molecule has 17 heavy (non-hydrogen) atoms.